The average molecular weight is 412 g/mol. The molecule has 2 heterocycles. The maximum atomic E-state index is 13.5. The van der Waals surface area contributed by atoms with E-state index < -0.39 is 0 Å². The predicted octanol–water partition coefficient (Wildman–Crippen LogP) is 4.06. The van der Waals surface area contributed by atoms with E-state index in [1.165, 1.54) is 6.33 Å². The third kappa shape index (κ3) is 3.77. The van der Waals surface area contributed by atoms with Gasteiger partial charge in [0, 0.05) is 17.1 Å². The van der Waals surface area contributed by atoms with E-state index in [4.69, 9.17) is 11.1 Å². The Morgan fingerprint density at radius 1 is 1.13 bits per heavy atom. The monoisotopic (exact) mass is 412 g/mol. The molecular formula is C24H24N6O. The highest BCUT2D eigenvalue weighted by Crippen LogP contribution is 2.22. The summed E-state index contributed by atoms with van der Waals surface area (Å²) >= 11 is 0. The number of rotatable bonds is 6. The van der Waals surface area contributed by atoms with E-state index in [0.29, 0.717) is 35.4 Å². The van der Waals surface area contributed by atoms with Crippen molar-refractivity contribution in [2.24, 2.45) is 0 Å². The van der Waals surface area contributed by atoms with Gasteiger partial charge in [-0.3, -0.25) is 9.36 Å². The molecule has 0 aliphatic heterocycles. The van der Waals surface area contributed by atoms with Crippen LogP contribution in [0, 0.1) is 12.3 Å². The smallest absolute Gasteiger partial charge is 0.263 e. The van der Waals surface area contributed by atoms with Crippen LogP contribution in [-0.4, -0.2) is 20.2 Å². The first-order chi connectivity index (χ1) is 15.0. The number of nitrogens with one attached hydrogen (secondary N) is 2. The summed E-state index contributed by atoms with van der Waals surface area (Å²) in [6, 6.07) is 17.4. The van der Waals surface area contributed by atoms with Crippen molar-refractivity contribution < 1.29 is 0 Å². The summed E-state index contributed by atoms with van der Waals surface area (Å²) in [4.78, 5) is 21.8. The minimum atomic E-state index is -0.0673. The molecule has 4 aromatic rings. The Morgan fingerprint density at radius 2 is 1.90 bits per heavy atom. The fraction of sp³-hybridized carbons (Fsp3) is 0.167. The van der Waals surface area contributed by atoms with Gasteiger partial charge in [-0.05, 0) is 42.5 Å². The molecule has 0 fully saturated rings. The fourth-order valence-electron chi connectivity index (χ4n) is 3.76. The third-order valence-corrected chi connectivity index (χ3v) is 5.31. The van der Waals surface area contributed by atoms with E-state index in [2.05, 4.69) is 15.3 Å². The topological polar surface area (TPSA) is 110 Å². The Hall–Kier alpha value is -4.00. The molecule has 0 saturated carbocycles. The highest BCUT2D eigenvalue weighted by Gasteiger charge is 2.16. The number of pyridine rings is 1. The number of hydrogen-bond donors (Lipinski definition) is 3. The maximum Gasteiger partial charge on any atom is 0.263 e. The number of benzene rings is 2. The molecule has 0 atom stereocenters. The Balaban J connectivity index is 1.85. The van der Waals surface area contributed by atoms with Crippen LogP contribution in [0.3, 0.4) is 0 Å². The Kier molecular flexibility index (Phi) is 5.49. The number of aryl methyl sites for hydroxylation is 1. The van der Waals surface area contributed by atoms with Gasteiger partial charge in [-0.1, -0.05) is 43.3 Å². The molecule has 7 heteroatoms. The number of anilines is 2. The number of hydrogen-bond acceptors (Lipinski definition) is 6. The Labute approximate surface area is 180 Å². The number of nitrogens with zero attached hydrogens (tertiary/aromatic N) is 3. The van der Waals surface area contributed by atoms with Crippen LogP contribution in [0.1, 0.15) is 30.2 Å². The Morgan fingerprint density at radius 3 is 2.65 bits per heavy atom. The molecule has 0 saturated heterocycles. The van der Waals surface area contributed by atoms with Gasteiger partial charge in [0.25, 0.3) is 5.56 Å². The van der Waals surface area contributed by atoms with E-state index >= 15 is 0 Å². The summed E-state index contributed by atoms with van der Waals surface area (Å²) in [6.45, 7) is 4.16. The van der Waals surface area contributed by atoms with Crippen molar-refractivity contribution in [3.05, 3.63) is 88.1 Å². The van der Waals surface area contributed by atoms with Crippen LogP contribution in [0.15, 0.2) is 65.7 Å². The third-order valence-electron chi connectivity index (χ3n) is 5.31. The molecule has 2 aromatic carbocycles. The molecule has 0 spiro atoms. The normalized spacial score (nSPS) is 10.9. The fourth-order valence-corrected chi connectivity index (χ4v) is 3.76. The maximum absolute atomic E-state index is 13.5. The second kappa shape index (κ2) is 8.39. The number of aromatic nitrogens is 3. The van der Waals surface area contributed by atoms with Gasteiger partial charge in [-0.25, -0.2) is 9.97 Å². The summed E-state index contributed by atoms with van der Waals surface area (Å²) in [5, 5.41) is 13.1. The highest BCUT2D eigenvalue weighted by atomic mass is 16.1. The molecule has 0 amide bonds. The van der Waals surface area contributed by atoms with Crippen molar-refractivity contribution in [2.45, 2.75) is 26.8 Å². The lowest BCUT2D eigenvalue weighted by Crippen LogP contribution is -2.24. The summed E-state index contributed by atoms with van der Waals surface area (Å²) in [5.74, 6) is 0.745. The summed E-state index contributed by atoms with van der Waals surface area (Å²) in [7, 11) is 0. The van der Waals surface area contributed by atoms with Crippen molar-refractivity contribution in [1.29, 1.82) is 5.41 Å². The molecule has 7 nitrogen and oxygen atoms in total. The van der Waals surface area contributed by atoms with E-state index in [9.17, 15) is 4.79 Å². The molecule has 31 heavy (non-hydrogen) atoms. The zero-order valence-corrected chi connectivity index (χ0v) is 17.5. The predicted molar refractivity (Wildman–Crippen MR) is 125 cm³/mol. The van der Waals surface area contributed by atoms with Crippen molar-refractivity contribution in [2.75, 3.05) is 11.1 Å². The van der Waals surface area contributed by atoms with Gasteiger partial charge >= 0.3 is 0 Å². The first-order valence-electron chi connectivity index (χ1n) is 10.1. The molecule has 0 radical (unpaired) electrons. The largest absolute Gasteiger partial charge is 0.383 e. The van der Waals surface area contributed by atoms with Gasteiger partial charge in [0.05, 0.1) is 17.5 Å². The number of para-hydroxylation sites is 1. The molecular weight excluding hydrogens is 388 g/mol. The second-order valence-corrected chi connectivity index (χ2v) is 7.32. The Bertz CT molecular complexity index is 1330. The van der Waals surface area contributed by atoms with Crippen LogP contribution in [-0.2, 0) is 6.54 Å². The van der Waals surface area contributed by atoms with E-state index in [1.54, 1.807) is 4.57 Å². The number of nitrogen functional groups attached to an aromatic ring is 1. The number of fused-ring (bicyclic) bond motifs is 1. The molecule has 0 bridgehead atoms. The van der Waals surface area contributed by atoms with Crippen LogP contribution in [0.2, 0.25) is 0 Å². The van der Waals surface area contributed by atoms with E-state index in [0.717, 1.165) is 22.3 Å². The van der Waals surface area contributed by atoms with Crippen LogP contribution < -0.4 is 16.6 Å². The summed E-state index contributed by atoms with van der Waals surface area (Å²) in [6.07, 6.45) is 1.88. The van der Waals surface area contributed by atoms with Gasteiger partial charge in [-0.2, -0.15) is 0 Å². The summed E-state index contributed by atoms with van der Waals surface area (Å²) in [5.41, 5.74) is 9.31. The van der Waals surface area contributed by atoms with Gasteiger partial charge < -0.3 is 16.5 Å². The minimum absolute atomic E-state index is 0.0673. The molecule has 2 aromatic heterocycles. The van der Waals surface area contributed by atoms with Crippen LogP contribution >= 0.6 is 0 Å². The first kappa shape index (κ1) is 20.3. The van der Waals surface area contributed by atoms with Crippen LogP contribution in [0.25, 0.3) is 16.5 Å². The molecule has 0 aliphatic carbocycles. The zero-order chi connectivity index (χ0) is 22.0. The quantitative estimate of drug-likeness (QED) is 0.414. The van der Waals surface area contributed by atoms with Crippen molar-refractivity contribution >= 4 is 28.1 Å². The second-order valence-electron chi connectivity index (χ2n) is 7.32. The van der Waals surface area contributed by atoms with Crippen molar-refractivity contribution in [3.8, 4) is 5.69 Å². The van der Waals surface area contributed by atoms with Crippen LogP contribution in [0.4, 0.5) is 11.6 Å². The van der Waals surface area contributed by atoms with E-state index in [1.807, 2.05) is 68.4 Å². The molecule has 0 unspecified atom stereocenters. The van der Waals surface area contributed by atoms with Crippen molar-refractivity contribution in [3.63, 3.8) is 0 Å². The lowest BCUT2D eigenvalue weighted by molar-refractivity contribution is 0.889. The highest BCUT2D eigenvalue weighted by molar-refractivity contribution is 6.05. The van der Waals surface area contributed by atoms with Crippen molar-refractivity contribution in [1.82, 2.24) is 14.5 Å². The van der Waals surface area contributed by atoms with Gasteiger partial charge in [0.2, 0.25) is 0 Å². The van der Waals surface area contributed by atoms with E-state index in [-0.39, 0.29) is 11.4 Å². The van der Waals surface area contributed by atoms with Gasteiger partial charge in [-0.15, -0.1) is 0 Å². The lowest BCUT2D eigenvalue weighted by atomic mass is 10.1. The summed E-state index contributed by atoms with van der Waals surface area (Å²) < 4.78 is 1.72. The van der Waals surface area contributed by atoms with Gasteiger partial charge in [0.1, 0.15) is 18.0 Å². The molecule has 0 aliphatic rings. The van der Waals surface area contributed by atoms with Crippen LogP contribution in [0.5, 0.6) is 0 Å². The average Bonchev–Trinajstić information content (AvgIpc) is 2.77. The van der Waals surface area contributed by atoms with Gasteiger partial charge in [0.15, 0.2) is 0 Å². The standard InChI is InChI=1S/C24H24N6O/c1-3-19(25)21-22(26)28-14-29-23(21)27-13-18-12-16-9-7-8-15(2)20(16)24(31)30(18)17-10-5-4-6-11-17/h4-12,14,25H,3,13H2,1-2H3,(H3,26,27,28,29). The molecule has 156 valence electrons. The minimum Gasteiger partial charge on any atom is -0.383 e. The lowest BCUT2D eigenvalue weighted by Gasteiger charge is -2.17. The zero-order valence-electron chi connectivity index (χ0n) is 17.5. The SMILES string of the molecule is CCC(=N)c1c(N)ncnc1NCc1cc2cccc(C)c2c(=O)n1-c1ccccc1. The number of nitrogens with two attached hydrogens (primary N) is 1. The first-order valence-corrected chi connectivity index (χ1v) is 10.1. The molecule has 4 N–H and O–H groups in total. The molecule has 4 rings (SSSR count).